The summed E-state index contributed by atoms with van der Waals surface area (Å²) in [4.78, 5) is 24.5. The summed E-state index contributed by atoms with van der Waals surface area (Å²) in [6.45, 7) is 1.86. The van der Waals surface area contributed by atoms with Gasteiger partial charge in [-0.3, -0.25) is 9.59 Å². The molecule has 2 amide bonds. The van der Waals surface area contributed by atoms with Crippen LogP contribution in [0.2, 0.25) is 0 Å². The monoisotopic (exact) mass is 431 g/mol. The number of aryl methyl sites for hydroxylation is 1. The summed E-state index contributed by atoms with van der Waals surface area (Å²) in [5.74, 6) is 0.231. The van der Waals surface area contributed by atoms with E-state index >= 15 is 0 Å². The molecule has 0 unspecified atom stereocenters. The van der Waals surface area contributed by atoms with Crippen molar-refractivity contribution in [1.29, 1.82) is 0 Å². The van der Waals surface area contributed by atoms with E-state index in [0.717, 1.165) is 12.2 Å². The fourth-order valence-corrected chi connectivity index (χ4v) is 2.72. The quantitative estimate of drug-likeness (QED) is 0.502. The second kappa shape index (κ2) is 13.4. The highest BCUT2D eigenvalue weighted by molar-refractivity contribution is 5.99. The van der Waals surface area contributed by atoms with Gasteiger partial charge in [0.15, 0.2) is 0 Å². The number of rotatable bonds is 10. The van der Waals surface area contributed by atoms with Gasteiger partial charge in [0.25, 0.3) is 0 Å². The lowest BCUT2D eigenvalue weighted by Gasteiger charge is -2.18. The van der Waals surface area contributed by atoms with Crippen molar-refractivity contribution >= 4 is 29.9 Å². The average molecular weight is 432 g/mol. The molecule has 2 aromatic carbocycles. The standard InChI is InChI=1S/C23H29N3O3.ClH/c1-3-21(24)23(28)26-19(10-9-17-7-5-4-6-8-17)13-16-22(27)25-18-11-14-20(29-2)15-12-18;/h4-8,11-16,19,21H,3,9-10,24H2,1-2H3,(H,25,27)(H,26,28);1H/b16-13+;/t19-,21-;/m0./s1. The Labute approximate surface area is 184 Å². The van der Waals surface area contributed by atoms with E-state index in [1.54, 1.807) is 37.5 Å². The topological polar surface area (TPSA) is 93.5 Å². The first-order valence-corrected chi connectivity index (χ1v) is 9.75. The molecule has 0 saturated carbocycles. The van der Waals surface area contributed by atoms with Gasteiger partial charge in [0, 0.05) is 17.8 Å². The molecular formula is C23H30ClN3O3. The zero-order chi connectivity index (χ0) is 21.1. The molecule has 6 nitrogen and oxygen atoms in total. The van der Waals surface area contributed by atoms with Crippen LogP contribution in [0.15, 0.2) is 66.7 Å². The number of ether oxygens (including phenoxy) is 1. The maximum Gasteiger partial charge on any atom is 0.248 e. The largest absolute Gasteiger partial charge is 0.497 e. The lowest BCUT2D eigenvalue weighted by atomic mass is 10.0. The molecule has 0 aliphatic heterocycles. The van der Waals surface area contributed by atoms with Crippen LogP contribution < -0.4 is 21.1 Å². The number of halogens is 1. The van der Waals surface area contributed by atoms with Crippen LogP contribution in [0, 0.1) is 0 Å². The first-order chi connectivity index (χ1) is 14.0. The molecule has 0 aliphatic rings. The van der Waals surface area contributed by atoms with Gasteiger partial charge in [-0.1, -0.05) is 43.3 Å². The molecule has 2 atom stereocenters. The molecule has 0 radical (unpaired) electrons. The third-order valence-corrected chi connectivity index (χ3v) is 4.53. The van der Waals surface area contributed by atoms with Crippen LogP contribution in [0.25, 0.3) is 0 Å². The number of methoxy groups -OCH3 is 1. The molecule has 2 rings (SSSR count). The lowest BCUT2D eigenvalue weighted by molar-refractivity contribution is -0.123. The Morgan fingerprint density at radius 1 is 1.10 bits per heavy atom. The van der Waals surface area contributed by atoms with Crippen LogP contribution in [-0.4, -0.2) is 31.0 Å². The molecule has 162 valence electrons. The number of benzene rings is 2. The highest BCUT2D eigenvalue weighted by Crippen LogP contribution is 2.15. The minimum absolute atomic E-state index is 0. The zero-order valence-corrected chi connectivity index (χ0v) is 18.2. The number of amides is 2. The molecule has 7 heteroatoms. The summed E-state index contributed by atoms with van der Waals surface area (Å²) >= 11 is 0. The van der Waals surface area contributed by atoms with Gasteiger partial charge in [0.05, 0.1) is 13.2 Å². The number of anilines is 1. The van der Waals surface area contributed by atoms with Crippen LogP contribution in [0.1, 0.15) is 25.3 Å². The Morgan fingerprint density at radius 3 is 2.37 bits per heavy atom. The molecule has 0 aliphatic carbocycles. The van der Waals surface area contributed by atoms with Crippen LogP contribution >= 0.6 is 12.4 Å². The van der Waals surface area contributed by atoms with E-state index < -0.39 is 6.04 Å². The van der Waals surface area contributed by atoms with E-state index in [4.69, 9.17) is 10.5 Å². The molecule has 2 aromatic rings. The molecular weight excluding hydrogens is 402 g/mol. The number of nitrogens with two attached hydrogens (primary N) is 1. The highest BCUT2D eigenvalue weighted by Gasteiger charge is 2.15. The van der Waals surface area contributed by atoms with Gasteiger partial charge < -0.3 is 21.1 Å². The Bertz CT molecular complexity index is 810. The van der Waals surface area contributed by atoms with Gasteiger partial charge in [-0.2, -0.15) is 0 Å². The molecule has 0 heterocycles. The Balaban J connectivity index is 0.00000450. The van der Waals surface area contributed by atoms with Crippen molar-refractivity contribution in [2.24, 2.45) is 5.73 Å². The zero-order valence-electron chi connectivity index (χ0n) is 17.3. The minimum atomic E-state index is -0.559. The van der Waals surface area contributed by atoms with Crippen LogP contribution in [0.4, 0.5) is 5.69 Å². The first-order valence-electron chi connectivity index (χ1n) is 9.75. The minimum Gasteiger partial charge on any atom is -0.497 e. The fraction of sp³-hybridized carbons (Fsp3) is 0.304. The fourth-order valence-electron chi connectivity index (χ4n) is 2.72. The van der Waals surface area contributed by atoms with Crippen molar-refractivity contribution in [2.45, 2.75) is 38.3 Å². The van der Waals surface area contributed by atoms with Crippen molar-refractivity contribution in [1.82, 2.24) is 5.32 Å². The molecule has 0 fully saturated rings. The Morgan fingerprint density at radius 2 is 1.77 bits per heavy atom. The normalized spacial score (nSPS) is 12.5. The first kappa shape index (κ1) is 25.2. The molecule has 0 bridgehead atoms. The average Bonchev–Trinajstić information content (AvgIpc) is 2.76. The smallest absolute Gasteiger partial charge is 0.248 e. The third-order valence-electron chi connectivity index (χ3n) is 4.53. The summed E-state index contributed by atoms with van der Waals surface area (Å²) < 4.78 is 5.10. The summed E-state index contributed by atoms with van der Waals surface area (Å²) in [5.41, 5.74) is 7.66. The summed E-state index contributed by atoms with van der Waals surface area (Å²) in [7, 11) is 1.59. The van der Waals surface area contributed by atoms with Crippen LogP contribution in [0.5, 0.6) is 5.75 Å². The molecule has 4 N–H and O–H groups in total. The maximum absolute atomic E-state index is 12.3. The SMILES string of the molecule is CC[C@H](N)C(=O)N[C@H](/C=C/C(=O)Nc1ccc(OC)cc1)CCc1ccccc1.Cl. The third kappa shape index (κ3) is 8.68. The van der Waals surface area contributed by atoms with Gasteiger partial charge in [0.2, 0.25) is 11.8 Å². The maximum atomic E-state index is 12.3. The van der Waals surface area contributed by atoms with E-state index in [0.29, 0.717) is 18.5 Å². The second-order valence-electron chi connectivity index (χ2n) is 6.73. The summed E-state index contributed by atoms with van der Waals surface area (Å²) in [6, 6.07) is 16.2. The second-order valence-corrected chi connectivity index (χ2v) is 6.73. The van der Waals surface area contributed by atoms with Crippen molar-refractivity contribution in [2.75, 3.05) is 12.4 Å². The lowest BCUT2D eigenvalue weighted by Crippen LogP contribution is -2.44. The number of carbonyl (C=O) groups is 2. The van der Waals surface area contributed by atoms with E-state index in [1.165, 1.54) is 11.6 Å². The summed E-state index contributed by atoms with van der Waals surface area (Å²) in [5, 5.41) is 5.72. The van der Waals surface area contributed by atoms with Gasteiger partial charge >= 0.3 is 0 Å². The van der Waals surface area contributed by atoms with E-state index in [9.17, 15) is 9.59 Å². The predicted molar refractivity (Wildman–Crippen MR) is 123 cm³/mol. The molecule has 0 saturated heterocycles. The number of hydrogen-bond donors (Lipinski definition) is 3. The van der Waals surface area contributed by atoms with Crippen LogP contribution in [-0.2, 0) is 16.0 Å². The predicted octanol–water partition coefficient (Wildman–Crippen LogP) is 3.47. The molecule has 30 heavy (non-hydrogen) atoms. The van der Waals surface area contributed by atoms with Crippen molar-refractivity contribution < 1.29 is 14.3 Å². The van der Waals surface area contributed by atoms with Crippen molar-refractivity contribution in [3.05, 3.63) is 72.3 Å². The van der Waals surface area contributed by atoms with E-state index in [1.807, 2.05) is 37.3 Å². The number of nitrogens with one attached hydrogen (secondary N) is 2. The molecule has 0 aromatic heterocycles. The van der Waals surface area contributed by atoms with Crippen molar-refractivity contribution in [3.63, 3.8) is 0 Å². The highest BCUT2D eigenvalue weighted by atomic mass is 35.5. The van der Waals surface area contributed by atoms with Gasteiger partial charge in [-0.15, -0.1) is 12.4 Å². The van der Waals surface area contributed by atoms with E-state index in [-0.39, 0.29) is 30.3 Å². The number of carbonyl (C=O) groups excluding carboxylic acids is 2. The Hall–Kier alpha value is -2.83. The van der Waals surface area contributed by atoms with Crippen molar-refractivity contribution in [3.8, 4) is 5.75 Å². The van der Waals surface area contributed by atoms with E-state index in [2.05, 4.69) is 10.6 Å². The number of hydrogen-bond acceptors (Lipinski definition) is 4. The van der Waals surface area contributed by atoms with Gasteiger partial charge in [-0.25, -0.2) is 0 Å². The van der Waals surface area contributed by atoms with Crippen LogP contribution in [0.3, 0.4) is 0 Å². The van der Waals surface area contributed by atoms with Gasteiger partial charge in [0.1, 0.15) is 5.75 Å². The molecule has 0 spiro atoms. The summed E-state index contributed by atoms with van der Waals surface area (Å²) in [6.07, 6.45) is 5.15. The van der Waals surface area contributed by atoms with Gasteiger partial charge in [-0.05, 0) is 49.1 Å². The Kier molecular flexibility index (Phi) is 11.3.